The van der Waals surface area contributed by atoms with E-state index >= 15 is 0 Å². The van der Waals surface area contributed by atoms with Gasteiger partial charge in [-0.1, -0.05) is 47.5 Å². The van der Waals surface area contributed by atoms with Gasteiger partial charge in [0.05, 0.1) is 4.90 Å². The van der Waals surface area contributed by atoms with Crippen LogP contribution in [0.1, 0.15) is 21.5 Å². The van der Waals surface area contributed by atoms with E-state index in [1.54, 1.807) is 54.2 Å². The summed E-state index contributed by atoms with van der Waals surface area (Å²) < 4.78 is 27.6. The Bertz CT molecular complexity index is 1150. The Kier molecular flexibility index (Phi) is 8.01. The standard InChI is InChI=1S/C23H23ClN2O3S2/c1-17-8-10-22(11-9-17)31(28,29)26-21-7-3-5-19(15-21)23(27)25-12-13-30-16-18-4-2-6-20(24)14-18/h2-11,14-15,26H,12-13,16H2,1H3,(H,25,27). The fourth-order valence-electron chi connectivity index (χ4n) is 2.81. The highest BCUT2D eigenvalue weighted by molar-refractivity contribution is 7.98. The summed E-state index contributed by atoms with van der Waals surface area (Å²) in [6.07, 6.45) is 0. The Hall–Kier alpha value is -2.48. The Morgan fingerprint density at radius 1 is 1.00 bits per heavy atom. The second-order valence-electron chi connectivity index (χ2n) is 6.94. The van der Waals surface area contributed by atoms with Gasteiger partial charge in [-0.25, -0.2) is 8.42 Å². The fourth-order valence-corrected chi connectivity index (χ4v) is 4.88. The van der Waals surface area contributed by atoms with Crippen LogP contribution in [0.5, 0.6) is 0 Å². The third-order valence-corrected chi connectivity index (χ3v) is 7.06. The summed E-state index contributed by atoms with van der Waals surface area (Å²) >= 11 is 7.68. The molecule has 162 valence electrons. The third kappa shape index (κ3) is 7.02. The summed E-state index contributed by atoms with van der Waals surface area (Å²) in [6.45, 7) is 2.39. The van der Waals surface area contributed by atoms with Crippen molar-refractivity contribution in [2.75, 3.05) is 17.0 Å². The first-order chi connectivity index (χ1) is 14.8. The van der Waals surface area contributed by atoms with E-state index in [0.29, 0.717) is 22.8 Å². The molecule has 0 saturated carbocycles. The molecule has 3 rings (SSSR count). The third-order valence-electron chi connectivity index (χ3n) is 4.40. The van der Waals surface area contributed by atoms with Crippen LogP contribution in [-0.4, -0.2) is 26.6 Å². The van der Waals surface area contributed by atoms with Crippen LogP contribution in [0.25, 0.3) is 0 Å². The van der Waals surface area contributed by atoms with Gasteiger partial charge in [0.15, 0.2) is 0 Å². The molecule has 0 aliphatic heterocycles. The van der Waals surface area contributed by atoms with Crippen molar-refractivity contribution in [1.29, 1.82) is 0 Å². The Balaban J connectivity index is 1.52. The number of nitrogens with one attached hydrogen (secondary N) is 2. The molecule has 5 nitrogen and oxygen atoms in total. The van der Waals surface area contributed by atoms with Crippen molar-refractivity contribution < 1.29 is 13.2 Å². The maximum atomic E-state index is 12.6. The van der Waals surface area contributed by atoms with Crippen molar-refractivity contribution in [2.24, 2.45) is 0 Å². The molecule has 1 amide bonds. The van der Waals surface area contributed by atoms with Crippen LogP contribution in [0.15, 0.2) is 77.7 Å². The molecule has 0 unspecified atom stereocenters. The molecule has 0 bridgehead atoms. The lowest BCUT2D eigenvalue weighted by Crippen LogP contribution is -2.26. The van der Waals surface area contributed by atoms with Gasteiger partial charge in [-0.2, -0.15) is 11.8 Å². The van der Waals surface area contributed by atoms with E-state index in [4.69, 9.17) is 11.6 Å². The SMILES string of the molecule is Cc1ccc(S(=O)(=O)Nc2cccc(C(=O)NCCSCc3cccc(Cl)c3)c2)cc1. The van der Waals surface area contributed by atoms with E-state index in [1.165, 1.54) is 6.07 Å². The Labute approximate surface area is 192 Å². The molecular weight excluding hydrogens is 452 g/mol. The van der Waals surface area contributed by atoms with Crippen molar-refractivity contribution in [1.82, 2.24) is 5.32 Å². The number of hydrogen-bond acceptors (Lipinski definition) is 4. The lowest BCUT2D eigenvalue weighted by Gasteiger charge is -2.10. The highest BCUT2D eigenvalue weighted by Gasteiger charge is 2.15. The first-order valence-corrected chi connectivity index (χ1v) is 12.6. The molecule has 0 aliphatic carbocycles. The highest BCUT2D eigenvalue weighted by atomic mass is 35.5. The van der Waals surface area contributed by atoms with Crippen molar-refractivity contribution in [2.45, 2.75) is 17.6 Å². The molecule has 0 spiro atoms. The summed E-state index contributed by atoms with van der Waals surface area (Å²) in [5, 5.41) is 3.57. The molecule has 3 aromatic carbocycles. The summed E-state index contributed by atoms with van der Waals surface area (Å²) in [6, 6.07) is 20.7. The molecule has 0 heterocycles. The van der Waals surface area contributed by atoms with Crippen LogP contribution in [0.2, 0.25) is 5.02 Å². The van der Waals surface area contributed by atoms with Gasteiger partial charge in [0.2, 0.25) is 0 Å². The number of sulfonamides is 1. The minimum absolute atomic E-state index is 0.171. The van der Waals surface area contributed by atoms with Crippen molar-refractivity contribution in [3.05, 3.63) is 94.5 Å². The lowest BCUT2D eigenvalue weighted by atomic mass is 10.2. The van der Waals surface area contributed by atoms with Crippen LogP contribution in [0.3, 0.4) is 0 Å². The number of aryl methyl sites for hydroxylation is 1. The van der Waals surface area contributed by atoms with Gasteiger partial charge >= 0.3 is 0 Å². The molecular formula is C23H23ClN2O3S2. The van der Waals surface area contributed by atoms with E-state index in [-0.39, 0.29) is 10.8 Å². The van der Waals surface area contributed by atoms with E-state index in [2.05, 4.69) is 10.0 Å². The minimum atomic E-state index is -3.72. The number of carbonyl (C=O) groups is 1. The Morgan fingerprint density at radius 3 is 2.48 bits per heavy atom. The zero-order valence-corrected chi connectivity index (χ0v) is 19.4. The maximum Gasteiger partial charge on any atom is 0.261 e. The van der Waals surface area contributed by atoms with E-state index < -0.39 is 10.0 Å². The van der Waals surface area contributed by atoms with Gasteiger partial charge in [-0.05, 0) is 55.0 Å². The predicted molar refractivity (Wildman–Crippen MR) is 128 cm³/mol. The molecule has 0 radical (unpaired) electrons. The zero-order valence-electron chi connectivity index (χ0n) is 17.0. The number of halogens is 1. The zero-order chi connectivity index (χ0) is 22.3. The molecule has 0 saturated heterocycles. The average Bonchev–Trinajstić information content (AvgIpc) is 2.73. The lowest BCUT2D eigenvalue weighted by molar-refractivity contribution is 0.0956. The summed E-state index contributed by atoms with van der Waals surface area (Å²) in [5.74, 6) is 1.31. The number of rotatable bonds is 9. The van der Waals surface area contributed by atoms with Crippen molar-refractivity contribution in [3.63, 3.8) is 0 Å². The monoisotopic (exact) mass is 474 g/mol. The van der Waals surface area contributed by atoms with Gasteiger partial charge in [-0.3, -0.25) is 9.52 Å². The first kappa shape index (κ1) is 23.2. The number of carbonyl (C=O) groups excluding carboxylic acids is 1. The number of anilines is 1. The van der Waals surface area contributed by atoms with Crippen molar-refractivity contribution in [3.8, 4) is 0 Å². The van der Waals surface area contributed by atoms with Gasteiger partial charge in [0.25, 0.3) is 15.9 Å². The fraction of sp³-hybridized carbons (Fsp3) is 0.174. The second-order valence-corrected chi connectivity index (χ2v) is 10.2. The number of hydrogen-bond donors (Lipinski definition) is 2. The van der Waals surface area contributed by atoms with E-state index in [0.717, 1.165) is 22.6 Å². The van der Waals surface area contributed by atoms with Crippen LogP contribution >= 0.6 is 23.4 Å². The van der Waals surface area contributed by atoms with Crippen LogP contribution in [-0.2, 0) is 15.8 Å². The number of amides is 1. The maximum absolute atomic E-state index is 12.6. The summed E-state index contributed by atoms with van der Waals surface area (Å²) in [5.41, 5.74) is 2.84. The molecule has 0 aliphatic rings. The van der Waals surface area contributed by atoms with E-state index in [1.807, 2.05) is 31.2 Å². The normalized spacial score (nSPS) is 11.2. The smallest absolute Gasteiger partial charge is 0.261 e. The summed E-state index contributed by atoms with van der Waals surface area (Å²) in [4.78, 5) is 12.6. The first-order valence-electron chi connectivity index (χ1n) is 9.63. The van der Waals surface area contributed by atoms with Crippen LogP contribution in [0.4, 0.5) is 5.69 Å². The number of benzene rings is 3. The average molecular weight is 475 g/mol. The van der Waals surface area contributed by atoms with Gasteiger partial charge in [-0.15, -0.1) is 0 Å². The van der Waals surface area contributed by atoms with Crippen LogP contribution < -0.4 is 10.0 Å². The number of thioether (sulfide) groups is 1. The molecule has 0 aromatic heterocycles. The molecule has 3 aromatic rings. The summed E-state index contributed by atoms with van der Waals surface area (Å²) in [7, 11) is -3.72. The minimum Gasteiger partial charge on any atom is -0.351 e. The molecule has 2 N–H and O–H groups in total. The van der Waals surface area contributed by atoms with Crippen LogP contribution in [0, 0.1) is 6.92 Å². The molecule has 8 heteroatoms. The van der Waals surface area contributed by atoms with E-state index in [9.17, 15) is 13.2 Å². The largest absolute Gasteiger partial charge is 0.351 e. The molecule has 0 atom stereocenters. The van der Waals surface area contributed by atoms with Crippen molar-refractivity contribution >= 4 is 45.0 Å². The van der Waals surface area contributed by atoms with Gasteiger partial charge in [0, 0.05) is 34.3 Å². The predicted octanol–water partition coefficient (Wildman–Crippen LogP) is 5.11. The molecule has 0 fully saturated rings. The topological polar surface area (TPSA) is 75.3 Å². The van der Waals surface area contributed by atoms with Gasteiger partial charge in [0.1, 0.15) is 0 Å². The van der Waals surface area contributed by atoms with Gasteiger partial charge < -0.3 is 5.32 Å². The second kappa shape index (κ2) is 10.7. The highest BCUT2D eigenvalue weighted by Crippen LogP contribution is 2.18. The quantitative estimate of drug-likeness (QED) is 0.422. The Morgan fingerprint density at radius 2 is 1.74 bits per heavy atom. The molecule has 31 heavy (non-hydrogen) atoms.